The van der Waals surface area contributed by atoms with Crippen LogP contribution >= 0.6 is 46.7 Å². The number of halogens is 2. The summed E-state index contributed by atoms with van der Waals surface area (Å²) in [4.78, 5) is 34.6. The van der Waals surface area contributed by atoms with Crippen LogP contribution in [0.2, 0.25) is 10.0 Å². The first-order valence-electron chi connectivity index (χ1n) is 9.59. The molecule has 1 aromatic heterocycles. The second-order valence-electron chi connectivity index (χ2n) is 6.76. The molecule has 0 N–H and O–H groups in total. The summed E-state index contributed by atoms with van der Waals surface area (Å²) in [5, 5.41) is 2.41. The molecule has 4 nitrogen and oxygen atoms in total. The summed E-state index contributed by atoms with van der Waals surface area (Å²) in [6.45, 7) is 0. The molecular weight excluding hydrogens is 483 g/mol. The van der Waals surface area contributed by atoms with Crippen LogP contribution in [0.15, 0.2) is 82.8 Å². The Bertz CT molecular complexity index is 1180. The average molecular weight is 499 g/mol. The van der Waals surface area contributed by atoms with E-state index in [1.165, 1.54) is 23.5 Å². The number of benzene rings is 3. The molecule has 0 fully saturated rings. The Balaban J connectivity index is 1.53. The SMILES string of the molecule is O=C(CSc1nc2ccccc2nc1SCC(=O)c1ccc(Cl)cc1)c1ccc(Cl)cc1. The minimum absolute atomic E-state index is 0.0326. The Kier molecular flexibility index (Phi) is 7.48. The van der Waals surface area contributed by atoms with Gasteiger partial charge in [0, 0.05) is 21.2 Å². The predicted molar refractivity (Wildman–Crippen MR) is 133 cm³/mol. The summed E-state index contributed by atoms with van der Waals surface area (Å²) < 4.78 is 0. The molecule has 0 saturated carbocycles. The summed E-state index contributed by atoms with van der Waals surface area (Å²) in [5.74, 6) is 0.338. The highest BCUT2D eigenvalue weighted by Crippen LogP contribution is 2.31. The summed E-state index contributed by atoms with van der Waals surface area (Å²) in [6, 6.07) is 21.1. The fourth-order valence-corrected chi connectivity index (χ4v) is 5.00. The van der Waals surface area contributed by atoms with E-state index in [0.717, 1.165) is 11.0 Å². The number of hydrogen-bond donors (Lipinski definition) is 0. The van der Waals surface area contributed by atoms with Gasteiger partial charge in [0.05, 0.1) is 22.5 Å². The third-order valence-electron chi connectivity index (χ3n) is 4.52. The Morgan fingerprint density at radius 2 is 1.00 bits per heavy atom. The van der Waals surface area contributed by atoms with E-state index in [0.29, 0.717) is 31.2 Å². The van der Waals surface area contributed by atoms with Crippen LogP contribution in [0.3, 0.4) is 0 Å². The molecule has 8 heteroatoms. The largest absolute Gasteiger partial charge is 0.293 e. The molecule has 0 amide bonds. The number of fused-ring (bicyclic) bond motifs is 1. The van der Waals surface area contributed by atoms with Gasteiger partial charge in [-0.25, -0.2) is 9.97 Å². The van der Waals surface area contributed by atoms with E-state index >= 15 is 0 Å². The van der Waals surface area contributed by atoms with Crippen molar-refractivity contribution in [2.75, 3.05) is 11.5 Å². The van der Waals surface area contributed by atoms with E-state index in [1.807, 2.05) is 24.3 Å². The maximum absolute atomic E-state index is 12.6. The normalized spacial score (nSPS) is 10.9. The topological polar surface area (TPSA) is 59.9 Å². The standard InChI is InChI=1S/C24H16Cl2N2O2S2/c25-17-9-5-15(6-10-17)21(29)13-31-23-24(28-20-4-2-1-3-19(20)27-23)32-14-22(30)16-7-11-18(26)12-8-16/h1-12H,13-14H2. The molecule has 160 valence electrons. The van der Waals surface area contributed by atoms with Crippen molar-refractivity contribution < 1.29 is 9.59 Å². The fourth-order valence-electron chi connectivity index (χ4n) is 2.86. The van der Waals surface area contributed by atoms with Gasteiger partial charge in [-0.1, -0.05) is 58.9 Å². The number of carbonyl (C=O) groups is 2. The van der Waals surface area contributed by atoms with E-state index in [-0.39, 0.29) is 23.1 Å². The van der Waals surface area contributed by atoms with Crippen molar-refractivity contribution in [2.45, 2.75) is 10.1 Å². The minimum Gasteiger partial charge on any atom is -0.293 e. The molecule has 0 atom stereocenters. The zero-order valence-corrected chi connectivity index (χ0v) is 19.8. The lowest BCUT2D eigenvalue weighted by Crippen LogP contribution is -2.05. The highest BCUT2D eigenvalue weighted by atomic mass is 35.5. The van der Waals surface area contributed by atoms with Crippen molar-refractivity contribution in [3.63, 3.8) is 0 Å². The lowest BCUT2D eigenvalue weighted by molar-refractivity contribution is 0.101. The smallest absolute Gasteiger partial charge is 0.173 e. The van der Waals surface area contributed by atoms with Gasteiger partial charge in [-0.05, 0) is 60.7 Å². The van der Waals surface area contributed by atoms with Crippen LogP contribution in [0.1, 0.15) is 20.7 Å². The number of hydrogen-bond acceptors (Lipinski definition) is 6. The van der Waals surface area contributed by atoms with Crippen LogP contribution in [0.5, 0.6) is 0 Å². The van der Waals surface area contributed by atoms with Gasteiger partial charge in [-0.2, -0.15) is 0 Å². The number of carbonyl (C=O) groups excluding carboxylic acids is 2. The summed E-state index contributed by atoms with van der Waals surface area (Å²) in [6.07, 6.45) is 0. The van der Waals surface area contributed by atoms with Gasteiger partial charge in [0.2, 0.25) is 0 Å². The minimum atomic E-state index is -0.0326. The monoisotopic (exact) mass is 498 g/mol. The van der Waals surface area contributed by atoms with Gasteiger partial charge in [-0.15, -0.1) is 0 Å². The predicted octanol–water partition coefficient (Wildman–Crippen LogP) is 6.89. The lowest BCUT2D eigenvalue weighted by atomic mass is 10.1. The number of thioether (sulfide) groups is 2. The number of nitrogens with zero attached hydrogens (tertiary/aromatic N) is 2. The second-order valence-corrected chi connectivity index (χ2v) is 9.56. The first-order valence-corrected chi connectivity index (χ1v) is 12.3. The first-order chi connectivity index (χ1) is 15.5. The van der Waals surface area contributed by atoms with Gasteiger partial charge in [-0.3, -0.25) is 9.59 Å². The van der Waals surface area contributed by atoms with E-state index in [1.54, 1.807) is 48.5 Å². The molecular formula is C24H16Cl2N2O2S2. The van der Waals surface area contributed by atoms with Crippen LogP contribution in [-0.2, 0) is 0 Å². The lowest BCUT2D eigenvalue weighted by Gasteiger charge is -2.09. The summed E-state index contributed by atoms with van der Waals surface area (Å²) in [7, 11) is 0. The Morgan fingerprint density at radius 3 is 1.38 bits per heavy atom. The van der Waals surface area contributed by atoms with Gasteiger partial charge in [0.15, 0.2) is 11.6 Å². The molecule has 0 bridgehead atoms. The zero-order valence-electron chi connectivity index (χ0n) is 16.6. The van der Waals surface area contributed by atoms with E-state index in [2.05, 4.69) is 0 Å². The van der Waals surface area contributed by atoms with Gasteiger partial charge < -0.3 is 0 Å². The van der Waals surface area contributed by atoms with Gasteiger partial charge in [0.25, 0.3) is 0 Å². The van der Waals surface area contributed by atoms with Crippen LogP contribution in [-0.4, -0.2) is 33.0 Å². The molecule has 0 radical (unpaired) electrons. The van der Waals surface area contributed by atoms with Crippen LogP contribution in [0.25, 0.3) is 11.0 Å². The van der Waals surface area contributed by atoms with Crippen molar-refractivity contribution in [3.8, 4) is 0 Å². The van der Waals surface area contributed by atoms with E-state index in [4.69, 9.17) is 33.2 Å². The number of rotatable bonds is 8. The Morgan fingerprint density at radius 1 is 0.625 bits per heavy atom. The average Bonchev–Trinajstić information content (AvgIpc) is 2.81. The van der Waals surface area contributed by atoms with Crippen molar-refractivity contribution >= 4 is 69.3 Å². The number of aromatic nitrogens is 2. The maximum atomic E-state index is 12.6. The number of Topliss-reactive ketones (excluding diaryl/α,β-unsaturated/α-hetero) is 2. The third-order valence-corrected chi connectivity index (χ3v) is 7.08. The highest BCUT2D eigenvalue weighted by molar-refractivity contribution is 8.02. The molecule has 3 aromatic carbocycles. The van der Waals surface area contributed by atoms with Crippen molar-refractivity contribution in [1.82, 2.24) is 9.97 Å². The van der Waals surface area contributed by atoms with Crippen molar-refractivity contribution in [2.24, 2.45) is 0 Å². The molecule has 0 spiro atoms. The van der Waals surface area contributed by atoms with Crippen molar-refractivity contribution in [3.05, 3.63) is 94.0 Å². The highest BCUT2D eigenvalue weighted by Gasteiger charge is 2.15. The van der Waals surface area contributed by atoms with Crippen molar-refractivity contribution in [1.29, 1.82) is 0 Å². The van der Waals surface area contributed by atoms with Crippen LogP contribution < -0.4 is 0 Å². The second kappa shape index (κ2) is 10.5. The Labute approximate surface area is 203 Å². The zero-order chi connectivity index (χ0) is 22.5. The van der Waals surface area contributed by atoms with Gasteiger partial charge in [0.1, 0.15) is 10.1 Å². The third kappa shape index (κ3) is 5.70. The molecule has 4 aromatic rings. The maximum Gasteiger partial charge on any atom is 0.173 e. The molecule has 4 rings (SSSR count). The van der Waals surface area contributed by atoms with Gasteiger partial charge >= 0.3 is 0 Å². The Hall–Kier alpha value is -2.38. The molecule has 0 aliphatic carbocycles. The molecule has 32 heavy (non-hydrogen) atoms. The molecule has 1 heterocycles. The van der Waals surface area contributed by atoms with Crippen LogP contribution in [0.4, 0.5) is 0 Å². The molecule has 0 aliphatic rings. The van der Waals surface area contributed by atoms with Crippen LogP contribution in [0, 0.1) is 0 Å². The quantitative estimate of drug-likeness (QED) is 0.194. The number of ketones is 2. The summed E-state index contributed by atoms with van der Waals surface area (Å²) >= 11 is 14.4. The first kappa shape index (κ1) is 22.8. The molecule has 0 aliphatic heterocycles. The summed E-state index contributed by atoms with van der Waals surface area (Å²) in [5.41, 5.74) is 2.65. The van der Waals surface area contributed by atoms with E-state index < -0.39 is 0 Å². The van der Waals surface area contributed by atoms with E-state index in [9.17, 15) is 9.59 Å². The molecule has 0 unspecified atom stereocenters. The molecule has 0 saturated heterocycles. The fraction of sp³-hybridized carbons (Fsp3) is 0.0833. The number of para-hydroxylation sites is 2.